The van der Waals surface area contributed by atoms with Crippen LogP contribution in [0.3, 0.4) is 0 Å². The number of aromatic nitrogens is 1. The normalized spacial score (nSPS) is 15.6. The van der Waals surface area contributed by atoms with Crippen LogP contribution < -0.4 is 0 Å². The molecule has 3 rings (SSSR count). The number of aliphatic carboxylic acids is 1. The number of thiazole rings is 1. The van der Waals surface area contributed by atoms with Gasteiger partial charge in [0.2, 0.25) is 5.88 Å². The molecule has 1 aliphatic rings. The van der Waals surface area contributed by atoms with Crippen LogP contribution in [-0.2, 0) is 4.79 Å². The van der Waals surface area contributed by atoms with Gasteiger partial charge in [0.15, 0.2) is 3.95 Å². The second-order valence-corrected chi connectivity index (χ2v) is 7.12. The van der Waals surface area contributed by atoms with Gasteiger partial charge in [-0.15, -0.1) is 11.3 Å². The fraction of sp³-hybridized carbons (Fsp3) is 0.235. The fourth-order valence-electron chi connectivity index (χ4n) is 2.69. The average molecular weight is 360 g/mol. The SMILES string of the molecule is CCC[C@@H](C(=O)O)n1c(O)c(/C=C2\C=Nc3ccccc32)sc1=S. The van der Waals surface area contributed by atoms with Crippen LogP contribution in [0.1, 0.15) is 36.2 Å². The summed E-state index contributed by atoms with van der Waals surface area (Å²) in [6.07, 6.45) is 4.63. The molecule has 0 spiro atoms. The molecule has 0 saturated heterocycles. The number of carboxylic acid groups (broad SMARTS) is 1. The van der Waals surface area contributed by atoms with Crippen molar-refractivity contribution in [3.63, 3.8) is 0 Å². The van der Waals surface area contributed by atoms with Crippen molar-refractivity contribution in [2.24, 2.45) is 4.99 Å². The van der Waals surface area contributed by atoms with Crippen molar-refractivity contribution in [3.05, 3.63) is 38.7 Å². The highest BCUT2D eigenvalue weighted by atomic mass is 32.1. The van der Waals surface area contributed by atoms with E-state index in [-0.39, 0.29) is 5.88 Å². The molecule has 2 aromatic rings. The van der Waals surface area contributed by atoms with Gasteiger partial charge < -0.3 is 10.2 Å². The summed E-state index contributed by atoms with van der Waals surface area (Å²) in [6.45, 7) is 1.90. The summed E-state index contributed by atoms with van der Waals surface area (Å²) >= 11 is 6.48. The number of carbonyl (C=O) groups is 1. The molecule has 1 atom stereocenters. The van der Waals surface area contributed by atoms with Gasteiger partial charge in [0.25, 0.3) is 0 Å². The molecule has 0 radical (unpaired) electrons. The highest BCUT2D eigenvalue weighted by molar-refractivity contribution is 7.73. The van der Waals surface area contributed by atoms with Crippen molar-refractivity contribution in [1.82, 2.24) is 4.57 Å². The molecule has 1 aromatic heterocycles. The van der Waals surface area contributed by atoms with Crippen LogP contribution in [0.15, 0.2) is 29.3 Å². The quantitative estimate of drug-likeness (QED) is 0.760. The molecule has 0 bridgehead atoms. The third kappa shape index (κ3) is 2.92. The molecule has 0 aliphatic carbocycles. The lowest BCUT2D eigenvalue weighted by molar-refractivity contribution is -0.141. The van der Waals surface area contributed by atoms with Crippen molar-refractivity contribution in [2.45, 2.75) is 25.8 Å². The first kappa shape index (κ1) is 16.6. The maximum absolute atomic E-state index is 11.5. The zero-order valence-corrected chi connectivity index (χ0v) is 14.6. The van der Waals surface area contributed by atoms with Crippen LogP contribution in [0.5, 0.6) is 5.88 Å². The molecule has 1 aliphatic heterocycles. The summed E-state index contributed by atoms with van der Waals surface area (Å²) in [7, 11) is 0. The molecule has 5 nitrogen and oxygen atoms in total. The Morgan fingerprint density at radius 1 is 1.46 bits per heavy atom. The van der Waals surface area contributed by atoms with Crippen LogP contribution in [0.2, 0.25) is 0 Å². The topological polar surface area (TPSA) is 74.8 Å². The van der Waals surface area contributed by atoms with E-state index in [4.69, 9.17) is 12.2 Å². The van der Waals surface area contributed by atoms with Gasteiger partial charge in [0.1, 0.15) is 6.04 Å². The van der Waals surface area contributed by atoms with Crippen molar-refractivity contribution < 1.29 is 15.0 Å². The van der Waals surface area contributed by atoms with E-state index in [1.807, 2.05) is 31.2 Å². The molecule has 0 saturated carbocycles. The van der Waals surface area contributed by atoms with Gasteiger partial charge in [0, 0.05) is 17.4 Å². The maximum atomic E-state index is 11.5. The smallest absolute Gasteiger partial charge is 0.326 e. The molecule has 2 heterocycles. The van der Waals surface area contributed by atoms with Gasteiger partial charge in [-0.25, -0.2) is 4.79 Å². The number of para-hydroxylation sites is 1. The highest BCUT2D eigenvalue weighted by Crippen LogP contribution is 2.37. The summed E-state index contributed by atoms with van der Waals surface area (Å²) in [4.78, 5) is 16.4. The van der Waals surface area contributed by atoms with Crippen LogP contribution in [0.25, 0.3) is 11.6 Å². The molecule has 7 heteroatoms. The lowest BCUT2D eigenvalue weighted by Gasteiger charge is -2.14. The molecule has 0 unspecified atom stereocenters. The Morgan fingerprint density at radius 2 is 2.21 bits per heavy atom. The Bertz CT molecular complexity index is 909. The van der Waals surface area contributed by atoms with Crippen molar-refractivity contribution in [1.29, 1.82) is 0 Å². The molecule has 1 aromatic carbocycles. The Hall–Kier alpha value is -2.25. The molecule has 0 fully saturated rings. The van der Waals surface area contributed by atoms with Gasteiger partial charge >= 0.3 is 5.97 Å². The summed E-state index contributed by atoms with van der Waals surface area (Å²) in [5.41, 5.74) is 2.72. The molecule has 24 heavy (non-hydrogen) atoms. The lowest BCUT2D eigenvalue weighted by Crippen LogP contribution is -2.18. The Morgan fingerprint density at radius 3 is 2.92 bits per heavy atom. The van der Waals surface area contributed by atoms with E-state index in [2.05, 4.69) is 4.99 Å². The average Bonchev–Trinajstić information content (AvgIpc) is 3.08. The van der Waals surface area contributed by atoms with E-state index in [9.17, 15) is 15.0 Å². The van der Waals surface area contributed by atoms with Crippen LogP contribution in [0, 0.1) is 3.95 Å². The Kier molecular flexibility index (Phi) is 4.64. The third-order valence-electron chi connectivity index (χ3n) is 3.85. The molecule has 124 valence electrons. The number of allylic oxidation sites excluding steroid dienone is 1. The molecular weight excluding hydrogens is 344 g/mol. The number of hydrogen-bond donors (Lipinski definition) is 2. The summed E-state index contributed by atoms with van der Waals surface area (Å²) in [5.74, 6) is -1.09. The van der Waals surface area contributed by atoms with Crippen molar-refractivity contribution in [2.75, 3.05) is 0 Å². The number of rotatable bonds is 5. The zero-order valence-electron chi connectivity index (χ0n) is 13.0. The molecule has 2 N–H and O–H groups in total. The summed E-state index contributed by atoms with van der Waals surface area (Å²) in [6, 6.07) is 6.87. The zero-order chi connectivity index (χ0) is 17.3. The van der Waals surface area contributed by atoms with Gasteiger partial charge in [-0.3, -0.25) is 9.56 Å². The number of hydrogen-bond acceptors (Lipinski definition) is 5. The number of aromatic hydroxyl groups is 1. The van der Waals surface area contributed by atoms with Crippen molar-refractivity contribution >= 4 is 53.1 Å². The second-order valence-electron chi connectivity index (χ2n) is 5.44. The Balaban J connectivity index is 2.05. The molecule has 0 amide bonds. The standard InChI is InChI=1S/C17H16N2O3S2/c1-2-5-13(16(21)22)19-15(20)14(24-17(19)23)8-10-9-18-12-7-4-3-6-11(10)12/h3-4,6-9,13,20H,2,5H2,1H3,(H,21,22)/b10-8+/t13-/m0/s1. The van der Waals surface area contributed by atoms with Gasteiger partial charge in [-0.05, 0) is 30.8 Å². The predicted molar refractivity (Wildman–Crippen MR) is 98.9 cm³/mol. The Labute approximate surface area is 148 Å². The number of aliphatic imine (C=N–C) groups is 1. The maximum Gasteiger partial charge on any atom is 0.326 e. The number of carboxylic acids is 1. The van der Waals surface area contributed by atoms with Gasteiger partial charge in [-0.1, -0.05) is 31.5 Å². The van der Waals surface area contributed by atoms with E-state index >= 15 is 0 Å². The third-order valence-corrected chi connectivity index (χ3v) is 5.18. The van der Waals surface area contributed by atoms with E-state index in [1.165, 1.54) is 15.9 Å². The van der Waals surface area contributed by atoms with E-state index in [0.29, 0.717) is 21.7 Å². The van der Waals surface area contributed by atoms with Gasteiger partial charge in [0.05, 0.1) is 10.6 Å². The van der Waals surface area contributed by atoms with Crippen LogP contribution in [-0.4, -0.2) is 27.0 Å². The van der Waals surface area contributed by atoms with E-state index in [1.54, 1.807) is 12.3 Å². The highest BCUT2D eigenvalue weighted by Gasteiger charge is 2.25. The first-order valence-electron chi connectivity index (χ1n) is 7.55. The lowest BCUT2D eigenvalue weighted by atomic mass is 10.1. The minimum absolute atomic E-state index is 0.101. The fourth-order valence-corrected chi connectivity index (χ4v) is 4.05. The number of fused-ring (bicyclic) bond motifs is 1. The molecular formula is C17H16N2O3S2. The second kappa shape index (κ2) is 6.70. The number of nitrogens with zero attached hydrogens (tertiary/aromatic N) is 2. The van der Waals surface area contributed by atoms with E-state index in [0.717, 1.165) is 16.8 Å². The largest absolute Gasteiger partial charge is 0.493 e. The van der Waals surface area contributed by atoms with Crippen LogP contribution >= 0.6 is 23.6 Å². The first-order chi connectivity index (χ1) is 11.5. The van der Waals surface area contributed by atoms with E-state index < -0.39 is 12.0 Å². The minimum Gasteiger partial charge on any atom is -0.493 e. The predicted octanol–water partition coefficient (Wildman–Crippen LogP) is 4.67. The summed E-state index contributed by atoms with van der Waals surface area (Å²) < 4.78 is 1.68. The number of benzene rings is 1. The van der Waals surface area contributed by atoms with Crippen LogP contribution in [0.4, 0.5) is 5.69 Å². The summed E-state index contributed by atoms with van der Waals surface area (Å²) in [5, 5.41) is 19.9. The minimum atomic E-state index is -0.993. The monoisotopic (exact) mass is 360 g/mol. The first-order valence-corrected chi connectivity index (χ1v) is 8.77. The van der Waals surface area contributed by atoms with Crippen molar-refractivity contribution in [3.8, 4) is 5.88 Å². The van der Waals surface area contributed by atoms with Gasteiger partial charge in [-0.2, -0.15) is 0 Å².